The zero-order chi connectivity index (χ0) is 10.8. The van der Waals surface area contributed by atoms with Gasteiger partial charge in [0, 0.05) is 5.56 Å². The molecule has 0 atom stereocenters. The number of aryl methyl sites for hydroxylation is 1. The van der Waals surface area contributed by atoms with Crippen LogP contribution in [0.4, 0.5) is 0 Å². The number of rotatable bonds is 2. The van der Waals surface area contributed by atoms with Crippen molar-refractivity contribution in [1.29, 1.82) is 0 Å². The maximum Gasteiger partial charge on any atom is 0.181 e. The van der Waals surface area contributed by atoms with Crippen molar-refractivity contribution in [3.05, 3.63) is 41.9 Å². The van der Waals surface area contributed by atoms with Crippen molar-refractivity contribution in [3.8, 4) is 11.3 Å². The van der Waals surface area contributed by atoms with Crippen molar-refractivity contribution < 1.29 is 4.42 Å². The van der Waals surface area contributed by atoms with E-state index in [4.69, 9.17) is 4.42 Å². The number of nitrogens with zero attached hydrogens (tertiary/aromatic N) is 1. The minimum absolute atomic E-state index is 0.389. The standard InChI is InChI=1S/C13H15NO/c1-9(2)12-13(15-8-14-12)11-6-4-10(3)5-7-11/h4-9H,1-3H3. The summed E-state index contributed by atoms with van der Waals surface area (Å²) in [6, 6.07) is 8.31. The summed E-state index contributed by atoms with van der Waals surface area (Å²) in [5.41, 5.74) is 3.38. The van der Waals surface area contributed by atoms with Crippen LogP contribution in [-0.2, 0) is 0 Å². The Morgan fingerprint density at radius 1 is 1.13 bits per heavy atom. The molecule has 0 radical (unpaired) electrons. The quantitative estimate of drug-likeness (QED) is 0.739. The van der Waals surface area contributed by atoms with Crippen LogP contribution in [0.5, 0.6) is 0 Å². The fourth-order valence-electron chi connectivity index (χ4n) is 1.59. The summed E-state index contributed by atoms with van der Waals surface area (Å²) < 4.78 is 5.44. The molecule has 2 rings (SSSR count). The Kier molecular flexibility index (Phi) is 2.58. The van der Waals surface area contributed by atoms with Gasteiger partial charge < -0.3 is 4.42 Å². The van der Waals surface area contributed by atoms with Crippen molar-refractivity contribution in [2.45, 2.75) is 26.7 Å². The SMILES string of the molecule is Cc1ccc(-c2ocnc2C(C)C)cc1. The minimum Gasteiger partial charge on any atom is -0.443 e. The van der Waals surface area contributed by atoms with E-state index < -0.39 is 0 Å². The van der Waals surface area contributed by atoms with Crippen LogP contribution in [-0.4, -0.2) is 4.98 Å². The highest BCUT2D eigenvalue weighted by Crippen LogP contribution is 2.28. The predicted octanol–water partition coefficient (Wildman–Crippen LogP) is 3.77. The Balaban J connectivity index is 2.45. The zero-order valence-electron chi connectivity index (χ0n) is 9.32. The highest BCUT2D eigenvalue weighted by atomic mass is 16.3. The van der Waals surface area contributed by atoms with E-state index >= 15 is 0 Å². The average molecular weight is 201 g/mol. The molecule has 0 saturated heterocycles. The maximum atomic E-state index is 5.44. The van der Waals surface area contributed by atoms with Crippen LogP contribution in [0, 0.1) is 6.92 Å². The van der Waals surface area contributed by atoms with Gasteiger partial charge in [0.1, 0.15) is 0 Å². The van der Waals surface area contributed by atoms with Crippen molar-refractivity contribution in [2.24, 2.45) is 0 Å². The van der Waals surface area contributed by atoms with E-state index in [0.29, 0.717) is 5.92 Å². The Morgan fingerprint density at radius 2 is 1.80 bits per heavy atom. The van der Waals surface area contributed by atoms with Crippen LogP contribution in [0.1, 0.15) is 31.0 Å². The molecule has 0 aliphatic carbocycles. The summed E-state index contributed by atoms with van der Waals surface area (Å²) in [7, 11) is 0. The summed E-state index contributed by atoms with van der Waals surface area (Å²) in [5.74, 6) is 1.28. The molecule has 15 heavy (non-hydrogen) atoms. The van der Waals surface area contributed by atoms with E-state index in [1.165, 1.54) is 12.0 Å². The average Bonchev–Trinajstić information content (AvgIpc) is 2.67. The topological polar surface area (TPSA) is 26.0 Å². The largest absolute Gasteiger partial charge is 0.443 e. The molecule has 0 saturated carbocycles. The number of hydrogen-bond donors (Lipinski definition) is 0. The second kappa shape index (κ2) is 3.89. The molecule has 0 amide bonds. The molecule has 78 valence electrons. The second-order valence-corrected chi connectivity index (χ2v) is 4.09. The molecule has 1 heterocycles. The Morgan fingerprint density at radius 3 is 2.40 bits per heavy atom. The van der Waals surface area contributed by atoms with E-state index in [0.717, 1.165) is 17.0 Å². The second-order valence-electron chi connectivity index (χ2n) is 4.09. The first-order valence-electron chi connectivity index (χ1n) is 5.19. The number of hydrogen-bond acceptors (Lipinski definition) is 2. The third-order valence-corrected chi connectivity index (χ3v) is 2.46. The Bertz CT molecular complexity index is 440. The normalized spacial score (nSPS) is 10.9. The maximum absolute atomic E-state index is 5.44. The first-order valence-corrected chi connectivity index (χ1v) is 5.19. The Labute approximate surface area is 90.0 Å². The van der Waals surface area contributed by atoms with Gasteiger partial charge >= 0.3 is 0 Å². The summed E-state index contributed by atoms with van der Waals surface area (Å²) in [5, 5.41) is 0. The van der Waals surface area contributed by atoms with Gasteiger partial charge in [-0.25, -0.2) is 4.98 Å². The molecule has 0 aliphatic heterocycles. The van der Waals surface area contributed by atoms with Crippen LogP contribution < -0.4 is 0 Å². The molecule has 2 nitrogen and oxygen atoms in total. The molecule has 0 aliphatic rings. The third-order valence-electron chi connectivity index (χ3n) is 2.46. The van der Waals surface area contributed by atoms with E-state index in [9.17, 15) is 0 Å². The lowest BCUT2D eigenvalue weighted by Gasteiger charge is -2.04. The highest BCUT2D eigenvalue weighted by Gasteiger charge is 2.13. The number of benzene rings is 1. The van der Waals surface area contributed by atoms with Gasteiger partial charge in [0.2, 0.25) is 0 Å². The first kappa shape index (κ1) is 9.97. The van der Waals surface area contributed by atoms with Crippen molar-refractivity contribution in [1.82, 2.24) is 4.98 Å². The fourth-order valence-corrected chi connectivity index (χ4v) is 1.59. The molecule has 0 unspecified atom stereocenters. The predicted molar refractivity (Wildman–Crippen MR) is 60.8 cm³/mol. The molecule has 2 aromatic rings. The van der Waals surface area contributed by atoms with Gasteiger partial charge in [0.05, 0.1) is 5.69 Å². The van der Waals surface area contributed by atoms with Gasteiger partial charge in [-0.2, -0.15) is 0 Å². The lowest BCUT2D eigenvalue weighted by molar-refractivity contribution is 0.570. The van der Waals surface area contributed by atoms with Crippen LogP contribution in [0.25, 0.3) is 11.3 Å². The van der Waals surface area contributed by atoms with Gasteiger partial charge in [-0.1, -0.05) is 43.7 Å². The van der Waals surface area contributed by atoms with Gasteiger partial charge in [-0.3, -0.25) is 0 Å². The Hall–Kier alpha value is -1.57. The summed E-state index contributed by atoms with van der Waals surface area (Å²) in [6.45, 7) is 6.32. The lowest BCUT2D eigenvalue weighted by Crippen LogP contribution is -1.90. The third kappa shape index (κ3) is 1.94. The van der Waals surface area contributed by atoms with Crippen molar-refractivity contribution in [3.63, 3.8) is 0 Å². The van der Waals surface area contributed by atoms with Crippen LogP contribution >= 0.6 is 0 Å². The van der Waals surface area contributed by atoms with E-state index in [1.807, 2.05) is 0 Å². The van der Waals surface area contributed by atoms with E-state index in [-0.39, 0.29) is 0 Å². The van der Waals surface area contributed by atoms with Gasteiger partial charge in [0.25, 0.3) is 0 Å². The summed E-state index contributed by atoms with van der Waals surface area (Å²) in [6.07, 6.45) is 1.52. The molecule has 2 heteroatoms. The van der Waals surface area contributed by atoms with Crippen molar-refractivity contribution >= 4 is 0 Å². The highest BCUT2D eigenvalue weighted by molar-refractivity contribution is 5.60. The zero-order valence-corrected chi connectivity index (χ0v) is 9.32. The van der Waals surface area contributed by atoms with Gasteiger partial charge in [-0.15, -0.1) is 0 Å². The van der Waals surface area contributed by atoms with Gasteiger partial charge in [0.15, 0.2) is 12.2 Å². The molecule has 0 N–H and O–H groups in total. The van der Waals surface area contributed by atoms with Crippen LogP contribution in [0.3, 0.4) is 0 Å². The molecule has 0 fully saturated rings. The molecule has 0 bridgehead atoms. The monoisotopic (exact) mass is 201 g/mol. The molecular weight excluding hydrogens is 186 g/mol. The lowest BCUT2D eigenvalue weighted by atomic mass is 10.0. The molecule has 1 aromatic carbocycles. The minimum atomic E-state index is 0.389. The molecular formula is C13H15NO. The van der Waals surface area contributed by atoms with Gasteiger partial charge in [-0.05, 0) is 12.8 Å². The molecule has 1 aromatic heterocycles. The first-order chi connectivity index (χ1) is 7.18. The van der Waals surface area contributed by atoms with E-state index in [2.05, 4.69) is 50.0 Å². The number of oxazole rings is 1. The number of aromatic nitrogens is 1. The fraction of sp³-hybridized carbons (Fsp3) is 0.308. The van der Waals surface area contributed by atoms with Crippen molar-refractivity contribution in [2.75, 3.05) is 0 Å². The summed E-state index contributed by atoms with van der Waals surface area (Å²) >= 11 is 0. The smallest absolute Gasteiger partial charge is 0.181 e. The summed E-state index contributed by atoms with van der Waals surface area (Å²) in [4.78, 5) is 4.25. The molecule has 0 spiro atoms. The van der Waals surface area contributed by atoms with Crippen LogP contribution in [0.2, 0.25) is 0 Å². The van der Waals surface area contributed by atoms with E-state index in [1.54, 1.807) is 0 Å². The van der Waals surface area contributed by atoms with Crippen LogP contribution in [0.15, 0.2) is 35.1 Å².